The lowest BCUT2D eigenvalue weighted by Gasteiger charge is -2.34. The summed E-state index contributed by atoms with van der Waals surface area (Å²) in [4.78, 5) is 12.1. The number of ether oxygens (including phenoxy) is 1. The summed E-state index contributed by atoms with van der Waals surface area (Å²) in [6, 6.07) is 4.33. The van der Waals surface area contributed by atoms with E-state index in [0.29, 0.717) is 11.1 Å². The van der Waals surface area contributed by atoms with Crippen LogP contribution in [0.15, 0.2) is 22.7 Å². The predicted octanol–water partition coefficient (Wildman–Crippen LogP) is 2.89. The molecule has 1 aliphatic rings. The van der Waals surface area contributed by atoms with Crippen LogP contribution in [0.3, 0.4) is 0 Å². The standard InChI is InChI=1S/C13H15BrFNO2/c1-13(5-2-6-18-8-13)16-12(17)10-7-9(14)3-4-11(10)15/h3-4,7H,2,5-6,8H2,1H3,(H,16,17). The molecule has 1 N–H and O–H groups in total. The van der Waals surface area contributed by atoms with Gasteiger partial charge in [0.1, 0.15) is 5.82 Å². The van der Waals surface area contributed by atoms with Gasteiger partial charge in [-0.3, -0.25) is 4.79 Å². The number of hydrogen-bond acceptors (Lipinski definition) is 2. The summed E-state index contributed by atoms with van der Waals surface area (Å²) in [5, 5.41) is 2.85. The van der Waals surface area contributed by atoms with Crippen molar-refractivity contribution in [2.24, 2.45) is 0 Å². The van der Waals surface area contributed by atoms with Crippen LogP contribution in [0.4, 0.5) is 4.39 Å². The monoisotopic (exact) mass is 315 g/mol. The van der Waals surface area contributed by atoms with Crippen LogP contribution >= 0.6 is 15.9 Å². The fraction of sp³-hybridized carbons (Fsp3) is 0.462. The Balaban J connectivity index is 2.14. The van der Waals surface area contributed by atoms with Crippen LogP contribution < -0.4 is 5.32 Å². The van der Waals surface area contributed by atoms with Crippen molar-refractivity contribution in [1.82, 2.24) is 5.32 Å². The number of rotatable bonds is 2. The van der Waals surface area contributed by atoms with Crippen molar-refractivity contribution in [3.8, 4) is 0 Å². The van der Waals surface area contributed by atoms with Crippen LogP contribution in [-0.2, 0) is 4.74 Å². The smallest absolute Gasteiger partial charge is 0.254 e. The largest absolute Gasteiger partial charge is 0.379 e. The summed E-state index contributed by atoms with van der Waals surface area (Å²) in [6.07, 6.45) is 1.74. The molecule has 98 valence electrons. The Labute approximate surface area is 114 Å². The highest BCUT2D eigenvalue weighted by Gasteiger charge is 2.30. The first kappa shape index (κ1) is 13.5. The highest BCUT2D eigenvalue weighted by atomic mass is 79.9. The fourth-order valence-electron chi connectivity index (χ4n) is 2.05. The molecule has 1 aromatic carbocycles. The number of benzene rings is 1. The van der Waals surface area contributed by atoms with Gasteiger partial charge in [0, 0.05) is 11.1 Å². The third kappa shape index (κ3) is 3.09. The van der Waals surface area contributed by atoms with Gasteiger partial charge in [0.15, 0.2) is 0 Å². The third-order valence-electron chi connectivity index (χ3n) is 3.03. The minimum Gasteiger partial charge on any atom is -0.379 e. The molecule has 18 heavy (non-hydrogen) atoms. The molecule has 1 amide bonds. The molecule has 1 atom stereocenters. The molecule has 0 bridgehead atoms. The molecule has 1 aliphatic heterocycles. The second-order valence-electron chi connectivity index (χ2n) is 4.80. The van der Waals surface area contributed by atoms with Crippen molar-refractivity contribution in [2.75, 3.05) is 13.2 Å². The Morgan fingerprint density at radius 3 is 3.00 bits per heavy atom. The Hall–Kier alpha value is -0.940. The fourth-order valence-corrected chi connectivity index (χ4v) is 2.41. The van der Waals surface area contributed by atoms with Gasteiger partial charge in [-0.25, -0.2) is 4.39 Å². The van der Waals surface area contributed by atoms with E-state index in [9.17, 15) is 9.18 Å². The molecule has 1 fully saturated rings. The molecule has 0 radical (unpaired) electrons. The van der Waals surface area contributed by atoms with Crippen LogP contribution in [-0.4, -0.2) is 24.7 Å². The first-order chi connectivity index (χ1) is 8.50. The van der Waals surface area contributed by atoms with Gasteiger partial charge in [-0.1, -0.05) is 15.9 Å². The van der Waals surface area contributed by atoms with Crippen molar-refractivity contribution < 1.29 is 13.9 Å². The topological polar surface area (TPSA) is 38.3 Å². The van der Waals surface area contributed by atoms with E-state index in [1.54, 1.807) is 6.07 Å². The predicted molar refractivity (Wildman–Crippen MR) is 70.0 cm³/mol. The zero-order valence-corrected chi connectivity index (χ0v) is 11.7. The van der Waals surface area contributed by atoms with E-state index < -0.39 is 17.3 Å². The number of carbonyl (C=O) groups excluding carboxylic acids is 1. The molecule has 1 heterocycles. The van der Waals surface area contributed by atoms with E-state index in [1.165, 1.54) is 12.1 Å². The lowest BCUT2D eigenvalue weighted by atomic mass is 9.94. The molecule has 0 aromatic heterocycles. The molecule has 0 aliphatic carbocycles. The molecule has 3 nitrogen and oxygen atoms in total. The van der Waals surface area contributed by atoms with Gasteiger partial charge in [-0.2, -0.15) is 0 Å². The highest BCUT2D eigenvalue weighted by molar-refractivity contribution is 9.10. The number of carbonyl (C=O) groups is 1. The number of halogens is 2. The molecule has 1 saturated heterocycles. The molecule has 0 spiro atoms. The summed E-state index contributed by atoms with van der Waals surface area (Å²) in [5.41, 5.74) is -0.361. The maximum atomic E-state index is 13.6. The van der Waals surface area contributed by atoms with Crippen LogP contribution in [0, 0.1) is 5.82 Å². The van der Waals surface area contributed by atoms with E-state index in [2.05, 4.69) is 21.2 Å². The van der Waals surface area contributed by atoms with Gasteiger partial charge < -0.3 is 10.1 Å². The molecule has 2 rings (SSSR count). The zero-order chi connectivity index (χ0) is 13.2. The molecule has 1 unspecified atom stereocenters. The molecular formula is C13H15BrFNO2. The summed E-state index contributed by atoms with van der Waals surface area (Å²) in [7, 11) is 0. The Bertz CT molecular complexity index is 458. The van der Waals surface area contributed by atoms with Gasteiger partial charge in [0.25, 0.3) is 5.91 Å². The normalized spacial score (nSPS) is 23.7. The number of nitrogens with one attached hydrogen (secondary N) is 1. The Kier molecular flexibility index (Phi) is 4.02. The van der Waals surface area contributed by atoms with Crippen LogP contribution in [0.2, 0.25) is 0 Å². The number of hydrogen-bond donors (Lipinski definition) is 1. The maximum Gasteiger partial charge on any atom is 0.254 e. The van der Waals surface area contributed by atoms with Gasteiger partial charge in [-0.15, -0.1) is 0 Å². The summed E-state index contributed by atoms with van der Waals surface area (Å²) in [5.74, 6) is -0.919. The summed E-state index contributed by atoms with van der Waals surface area (Å²) < 4.78 is 19.6. The minimum absolute atomic E-state index is 0.0520. The maximum absolute atomic E-state index is 13.6. The van der Waals surface area contributed by atoms with Crippen molar-refractivity contribution in [3.05, 3.63) is 34.1 Å². The van der Waals surface area contributed by atoms with Gasteiger partial charge in [0.05, 0.1) is 17.7 Å². The SMILES string of the molecule is CC1(NC(=O)c2cc(Br)ccc2F)CCCOC1. The number of amides is 1. The van der Waals surface area contributed by atoms with E-state index in [1.807, 2.05) is 6.92 Å². The van der Waals surface area contributed by atoms with Gasteiger partial charge in [0.2, 0.25) is 0 Å². The van der Waals surface area contributed by atoms with E-state index >= 15 is 0 Å². The zero-order valence-electron chi connectivity index (χ0n) is 10.1. The third-order valence-corrected chi connectivity index (χ3v) is 3.52. The average Bonchev–Trinajstić information content (AvgIpc) is 2.32. The summed E-state index contributed by atoms with van der Waals surface area (Å²) >= 11 is 3.23. The average molecular weight is 316 g/mol. The quantitative estimate of drug-likeness (QED) is 0.911. The molecule has 0 saturated carbocycles. The molecule has 1 aromatic rings. The van der Waals surface area contributed by atoms with Crippen molar-refractivity contribution in [3.63, 3.8) is 0 Å². The second kappa shape index (κ2) is 5.36. The Morgan fingerprint density at radius 1 is 1.56 bits per heavy atom. The summed E-state index contributed by atoms with van der Waals surface area (Å²) in [6.45, 7) is 3.10. The van der Waals surface area contributed by atoms with Crippen molar-refractivity contribution >= 4 is 21.8 Å². The van der Waals surface area contributed by atoms with Crippen LogP contribution in [0.5, 0.6) is 0 Å². The first-order valence-electron chi connectivity index (χ1n) is 5.85. The highest BCUT2D eigenvalue weighted by Crippen LogP contribution is 2.21. The van der Waals surface area contributed by atoms with E-state index in [0.717, 1.165) is 19.4 Å². The van der Waals surface area contributed by atoms with E-state index in [-0.39, 0.29) is 5.56 Å². The van der Waals surface area contributed by atoms with Crippen molar-refractivity contribution in [2.45, 2.75) is 25.3 Å². The first-order valence-corrected chi connectivity index (χ1v) is 6.65. The van der Waals surface area contributed by atoms with Crippen LogP contribution in [0.25, 0.3) is 0 Å². The van der Waals surface area contributed by atoms with Crippen LogP contribution in [0.1, 0.15) is 30.1 Å². The lowest BCUT2D eigenvalue weighted by molar-refractivity contribution is 0.0271. The molecule has 5 heteroatoms. The van der Waals surface area contributed by atoms with E-state index in [4.69, 9.17) is 4.74 Å². The minimum atomic E-state index is -0.518. The Morgan fingerprint density at radius 2 is 2.33 bits per heavy atom. The second-order valence-corrected chi connectivity index (χ2v) is 5.71. The van der Waals surface area contributed by atoms with Gasteiger partial charge in [-0.05, 0) is 38.0 Å². The lowest BCUT2D eigenvalue weighted by Crippen LogP contribution is -2.51. The molecular weight excluding hydrogens is 301 g/mol. The van der Waals surface area contributed by atoms with Crippen molar-refractivity contribution in [1.29, 1.82) is 0 Å². The van der Waals surface area contributed by atoms with Gasteiger partial charge >= 0.3 is 0 Å².